The smallest absolute Gasteiger partial charge is 0.507 e. The molecular weight excluding hydrogens is 484 g/mol. The van der Waals surface area contributed by atoms with Gasteiger partial charge in [-0.15, -0.1) is 38.0 Å². The fourth-order valence-electron chi connectivity index (χ4n) is 3.10. The van der Waals surface area contributed by atoms with Crippen molar-refractivity contribution in [2.45, 2.75) is 12.4 Å². The molecular formula is C18H20BrCl2F3N2O2. The zero-order valence-electron chi connectivity index (χ0n) is 14.6. The van der Waals surface area contributed by atoms with Gasteiger partial charge in [0.25, 0.3) is 0 Å². The van der Waals surface area contributed by atoms with Crippen molar-refractivity contribution in [2.24, 2.45) is 0 Å². The van der Waals surface area contributed by atoms with E-state index in [0.29, 0.717) is 4.47 Å². The molecule has 156 valence electrons. The molecule has 0 bridgehead atoms. The third-order valence-electron chi connectivity index (χ3n) is 4.23. The van der Waals surface area contributed by atoms with Crippen LogP contribution < -0.4 is 10.1 Å². The third kappa shape index (κ3) is 6.42. The van der Waals surface area contributed by atoms with Crippen molar-refractivity contribution < 1.29 is 23.0 Å². The highest BCUT2D eigenvalue weighted by Crippen LogP contribution is 2.35. The standard InChI is InChI=1S/C18H18BrF3N2O2.2ClH/c19-15-11-13(3-6-16(15)25)17(24-9-7-23-8-10-24)12-1-4-14(5-2-12)26-18(20,21)22;;/h1-6,11,17,23,25H,7-10H2;2*1H/t17-;;/m0../s1. The first-order chi connectivity index (χ1) is 12.3. The first-order valence-corrected chi connectivity index (χ1v) is 8.92. The van der Waals surface area contributed by atoms with Crippen LogP contribution in [0.5, 0.6) is 11.5 Å². The topological polar surface area (TPSA) is 44.7 Å². The molecule has 1 aliphatic heterocycles. The number of aromatic hydroxyl groups is 1. The molecule has 28 heavy (non-hydrogen) atoms. The molecule has 1 heterocycles. The van der Waals surface area contributed by atoms with Crippen molar-refractivity contribution in [3.63, 3.8) is 0 Å². The molecule has 1 aliphatic rings. The average molecular weight is 504 g/mol. The number of hydrogen-bond acceptors (Lipinski definition) is 4. The highest BCUT2D eigenvalue weighted by molar-refractivity contribution is 9.10. The van der Waals surface area contributed by atoms with Gasteiger partial charge in [-0.2, -0.15) is 0 Å². The molecule has 1 saturated heterocycles. The molecule has 0 amide bonds. The van der Waals surface area contributed by atoms with E-state index in [1.54, 1.807) is 18.2 Å². The van der Waals surface area contributed by atoms with Gasteiger partial charge in [0.15, 0.2) is 0 Å². The zero-order chi connectivity index (χ0) is 18.7. The maximum Gasteiger partial charge on any atom is 0.573 e. The molecule has 2 aromatic rings. The van der Waals surface area contributed by atoms with Gasteiger partial charge >= 0.3 is 6.36 Å². The van der Waals surface area contributed by atoms with Crippen LogP contribution in [-0.2, 0) is 0 Å². The summed E-state index contributed by atoms with van der Waals surface area (Å²) in [4.78, 5) is 2.26. The summed E-state index contributed by atoms with van der Waals surface area (Å²) >= 11 is 3.33. The minimum Gasteiger partial charge on any atom is -0.507 e. The second kappa shape index (κ2) is 10.5. The van der Waals surface area contributed by atoms with Crippen LogP contribution in [0.25, 0.3) is 0 Å². The van der Waals surface area contributed by atoms with E-state index in [9.17, 15) is 18.3 Å². The second-order valence-corrected chi connectivity index (χ2v) is 6.87. The number of nitrogens with zero attached hydrogens (tertiary/aromatic N) is 1. The lowest BCUT2D eigenvalue weighted by molar-refractivity contribution is -0.274. The molecule has 0 radical (unpaired) electrons. The summed E-state index contributed by atoms with van der Waals surface area (Å²) in [6.45, 7) is 3.30. The number of benzene rings is 2. The van der Waals surface area contributed by atoms with Gasteiger partial charge in [-0.1, -0.05) is 18.2 Å². The highest BCUT2D eigenvalue weighted by Gasteiger charge is 2.31. The molecule has 2 aromatic carbocycles. The van der Waals surface area contributed by atoms with Crippen molar-refractivity contribution in [1.82, 2.24) is 10.2 Å². The second-order valence-electron chi connectivity index (χ2n) is 6.02. The van der Waals surface area contributed by atoms with Gasteiger partial charge in [0.05, 0.1) is 10.5 Å². The number of alkyl halides is 3. The lowest BCUT2D eigenvalue weighted by Crippen LogP contribution is -2.45. The van der Waals surface area contributed by atoms with Gasteiger partial charge in [-0.05, 0) is 51.3 Å². The van der Waals surface area contributed by atoms with Crippen LogP contribution in [0.1, 0.15) is 17.2 Å². The summed E-state index contributed by atoms with van der Waals surface area (Å²) in [5.41, 5.74) is 1.81. The highest BCUT2D eigenvalue weighted by atomic mass is 79.9. The maximum atomic E-state index is 12.4. The molecule has 2 N–H and O–H groups in total. The molecule has 10 heteroatoms. The Hall–Kier alpha value is -1.19. The summed E-state index contributed by atoms with van der Waals surface area (Å²) in [6.07, 6.45) is -4.71. The number of halogens is 6. The minimum absolute atomic E-state index is 0. The molecule has 0 aliphatic carbocycles. The Bertz CT molecular complexity index is 757. The minimum atomic E-state index is -4.71. The largest absolute Gasteiger partial charge is 0.573 e. The third-order valence-corrected chi connectivity index (χ3v) is 4.87. The Morgan fingerprint density at radius 2 is 1.57 bits per heavy atom. The zero-order valence-corrected chi connectivity index (χ0v) is 17.8. The van der Waals surface area contributed by atoms with E-state index in [2.05, 4.69) is 30.9 Å². The Balaban J connectivity index is 0.00000196. The summed E-state index contributed by atoms with van der Waals surface area (Å²) in [6, 6.07) is 11.1. The predicted octanol–water partition coefficient (Wildman–Crippen LogP) is 4.89. The summed E-state index contributed by atoms with van der Waals surface area (Å²) in [5.74, 6) is -0.103. The Kier molecular flexibility index (Phi) is 9.36. The first-order valence-electron chi connectivity index (χ1n) is 8.12. The summed E-state index contributed by atoms with van der Waals surface area (Å²) in [7, 11) is 0. The van der Waals surface area contributed by atoms with E-state index < -0.39 is 6.36 Å². The quantitative estimate of drug-likeness (QED) is 0.623. The Morgan fingerprint density at radius 1 is 1.00 bits per heavy atom. The van der Waals surface area contributed by atoms with Crippen LogP contribution in [0.15, 0.2) is 46.9 Å². The van der Waals surface area contributed by atoms with E-state index in [1.165, 1.54) is 12.1 Å². The van der Waals surface area contributed by atoms with Crippen molar-refractivity contribution in [3.8, 4) is 11.5 Å². The fraction of sp³-hybridized carbons (Fsp3) is 0.333. The van der Waals surface area contributed by atoms with Gasteiger partial charge in [-0.25, -0.2) is 0 Å². The molecule has 1 fully saturated rings. The van der Waals surface area contributed by atoms with E-state index in [4.69, 9.17) is 0 Å². The molecule has 0 aromatic heterocycles. The van der Waals surface area contributed by atoms with Crippen LogP contribution in [0.4, 0.5) is 13.2 Å². The summed E-state index contributed by atoms with van der Waals surface area (Å²) < 4.78 is 41.7. The van der Waals surface area contributed by atoms with Crippen LogP contribution in [-0.4, -0.2) is 42.5 Å². The Morgan fingerprint density at radius 3 is 2.11 bits per heavy atom. The predicted molar refractivity (Wildman–Crippen MR) is 110 cm³/mol. The van der Waals surface area contributed by atoms with E-state index >= 15 is 0 Å². The van der Waals surface area contributed by atoms with Crippen LogP contribution in [0.3, 0.4) is 0 Å². The molecule has 1 atom stereocenters. The Labute approximate surface area is 182 Å². The first kappa shape index (κ1) is 24.8. The molecule has 4 nitrogen and oxygen atoms in total. The maximum absolute atomic E-state index is 12.4. The summed E-state index contributed by atoms with van der Waals surface area (Å²) in [5, 5.41) is 13.0. The number of phenolic OH excluding ortho intramolecular Hbond substituents is 1. The molecule has 3 rings (SSSR count). The average Bonchev–Trinajstić information content (AvgIpc) is 2.59. The number of hydrogen-bond donors (Lipinski definition) is 2. The molecule has 0 unspecified atom stereocenters. The number of ether oxygens (including phenoxy) is 1. The van der Waals surface area contributed by atoms with Gasteiger partial charge < -0.3 is 15.2 Å². The van der Waals surface area contributed by atoms with Crippen molar-refractivity contribution >= 4 is 40.7 Å². The van der Waals surface area contributed by atoms with Crippen LogP contribution in [0.2, 0.25) is 0 Å². The number of piperazine rings is 1. The van der Waals surface area contributed by atoms with E-state index in [-0.39, 0.29) is 42.4 Å². The monoisotopic (exact) mass is 502 g/mol. The number of phenols is 1. The lowest BCUT2D eigenvalue weighted by Gasteiger charge is -2.35. The molecule has 0 spiro atoms. The normalized spacial score (nSPS) is 15.9. The fourth-order valence-corrected chi connectivity index (χ4v) is 3.50. The van der Waals surface area contributed by atoms with Gasteiger partial charge in [0.2, 0.25) is 0 Å². The van der Waals surface area contributed by atoms with Crippen molar-refractivity contribution in [1.29, 1.82) is 0 Å². The van der Waals surface area contributed by atoms with Crippen LogP contribution >= 0.6 is 40.7 Å². The molecule has 0 saturated carbocycles. The van der Waals surface area contributed by atoms with E-state index in [0.717, 1.165) is 37.3 Å². The SMILES string of the molecule is Cl.Cl.Oc1ccc([C@H](c2ccc(OC(F)(F)F)cc2)N2CCNCC2)cc1Br. The number of nitrogens with one attached hydrogen (secondary N) is 1. The van der Waals surface area contributed by atoms with E-state index in [1.807, 2.05) is 12.1 Å². The van der Waals surface area contributed by atoms with Gasteiger partial charge in [0.1, 0.15) is 11.5 Å². The van der Waals surface area contributed by atoms with Crippen molar-refractivity contribution in [3.05, 3.63) is 58.1 Å². The van der Waals surface area contributed by atoms with Crippen LogP contribution in [0, 0.1) is 0 Å². The van der Waals surface area contributed by atoms with Gasteiger partial charge in [-0.3, -0.25) is 4.90 Å². The number of rotatable bonds is 4. The van der Waals surface area contributed by atoms with Gasteiger partial charge in [0, 0.05) is 26.2 Å². The van der Waals surface area contributed by atoms with Crippen molar-refractivity contribution in [2.75, 3.05) is 26.2 Å². The lowest BCUT2D eigenvalue weighted by atomic mass is 9.96.